The Labute approximate surface area is 159 Å². The summed E-state index contributed by atoms with van der Waals surface area (Å²) in [6.45, 7) is 3.36. The van der Waals surface area contributed by atoms with E-state index < -0.39 is 0 Å². The van der Waals surface area contributed by atoms with Gasteiger partial charge in [-0.3, -0.25) is 0 Å². The molecule has 2 aromatic rings. The maximum absolute atomic E-state index is 14.1. The number of unbranched alkanes of at least 4 members (excludes halogenated alkanes) is 3. The number of guanidine groups is 1. The fraction of sp³-hybridized carbons (Fsp3) is 0.412. The van der Waals surface area contributed by atoms with E-state index >= 15 is 0 Å². The molecule has 0 radical (unpaired) electrons. The standard InChI is InChI=1S/C17H24FN5.HI/c1-2-3-4-5-8-21-17(19)22-12-14-6-7-16(15(18)11-14)23-10-9-20-13-23;/h6-7,9-11,13H,2-5,8,12H2,1H3,(H3,19,21,22);1H. The van der Waals surface area contributed by atoms with Crippen LogP contribution in [-0.4, -0.2) is 22.1 Å². The van der Waals surface area contributed by atoms with E-state index in [4.69, 9.17) is 5.73 Å². The van der Waals surface area contributed by atoms with E-state index in [-0.39, 0.29) is 29.8 Å². The lowest BCUT2D eigenvalue weighted by atomic mass is 10.2. The van der Waals surface area contributed by atoms with E-state index in [0.29, 0.717) is 18.2 Å². The Kier molecular flexibility index (Phi) is 9.36. The summed E-state index contributed by atoms with van der Waals surface area (Å²) in [6.07, 6.45) is 9.61. The smallest absolute Gasteiger partial charge is 0.188 e. The van der Waals surface area contributed by atoms with Crippen molar-refractivity contribution in [3.05, 3.63) is 48.3 Å². The average molecular weight is 445 g/mol. The average Bonchev–Trinajstić information content (AvgIpc) is 3.07. The molecule has 0 amide bonds. The van der Waals surface area contributed by atoms with Gasteiger partial charge in [0.05, 0.1) is 18.6 Å². The summed E-state index contributed by atoms with van der Waals surface area (Å²) < 4.78 is 15.7. The highest BCUT2D eigenvalue weighted by atomic mass is 127. The number of benzene rings is 1. The SMILES string of the molecule is CCCCCCNC(N)=NCc1ccc(-n2ccnc2)c(F)c1.I. The first-order chi connectivity index (χ1) is 11.2. The molecular formula is C17H25FIN5. The molecule has 0 atom stereocenters. The Hall–Kier alpha value is -1.64. The van der Waals surface area contributed by atoms with Gasteiger partial charge >= 0.3 is 0 Å². The molecule has 3 N–H and O–H groups in total. The molecule has 1 aromatic heterocycles. The molecule has 132 valence electrons. The Bertz CT molecular complexity index is 628. The summed E-state index contributed by atoms with van der Waals surface area (Å²) in [5, 5.41) is 3.08. The van der Waals surface area contributed by atoms with Crippen LogP contribution < -0.4 is 11.1 Å². The zero-order valence-electron chi connectivity index (χ0n) is 13.9. The van der Waals surface area contributed by atoms with E-state index in [0.717, 1.165) is 18.5 Å². The third-order valence-electron chi connectivity index (χ3n) is 3.56. The number of aliphatic imine (C=N–C) groups is 1. The van der Waals surface area contributed by atoms with E-state index in [1.807, 2.05) is 6.07 Å². The minimum absolute atomic E-state index is 0. The van der Waals surface area contributed by atoms with Gasteiger partial charge in [0.25, 0.3) is 0 Å². The fourth-order valence-electron chi connectivity index (χ4n) is 2.26. The van der Waals surface area contributed by atoms with Gasteiger partial charge in [-0.25, -0.2) is 14.4 Å². The van der Waals surface area contributed by atoms with Gasteiger partial charge in [0.2, 0.25) is 0 Å². The molecule has 0 saturated heterocycles. The lowest BCUT2D eigenvalue weighted by Crippen LogP contribution is -2.32. The fourth-order valence-corrected chi connectivity index (χ4v) is 2.26. The van der Waals surface area contributed by atoms with Crippen molar-refractivity contribution in [1.82, 2.24) is 14.9 Å². The number of halogens is 2. The van der Waals surface area contributed by atoms with Crippen LogP contribution in [0.2, 0.25) is 0 Å². The van der Waals surface area contributed by atoms with Crippen LogP contribution >= 0.6 is 24.0 Å². The molecule has 7 heteroatoms. The minimum Gasteiger partial charge on any atom is -0.370 e. The van der Waals surface area contributed by atoms with Crippen molar-refractivity contribution in [3.63, 3.8) is 0 Å². The number of nitrogens with two attached hydrogens (primary N) is 1. The summed E-state index contributed by atoms with van der Waals surface area (Å²) >= 11 is 0. The van der Waals surface area contributed by atoms with Crippen LogP contribution in [0, 0.1) is 5.82 Å². The van der Waals surface area contributed by atoms with E-state index in [1.165, 1.54) is 25.3 Å². The molecule has 5 nitrogen and oxygen atoms in total. The minimum atomic E-state index is -0.304. The van der Waals surface area contributed by atoms with Gasteiger partial charge in [0.1, 0.15) is 5.82 Å². The Morgan fingerprint density at radius 2 is 2.17 bits per heavy atom. The highest BCUT2D eigenvalue weighted by molar-refractivity contribution is 14.0. The number of hydrogen-bond acceptors (Lipinski definition) is 2. The normalized spacial score (nSPS) is 11.2. The van der Waals surface area contributed by atoms with Crippen molar-refractivity contribution in [2.45, 2.75) is 39.2 Å². The van der Waals surface area contributed by atoms with Crippen LogP contribution in [0.1, 0.15) is 38.2 Å². The van der Waals surface area contributed by atoms with Gasteiger partial charge in [-0.15, -0.1) is 24.0 Å². The second kappa shape index (κ2) is 11.0. The van der Waals surface area contributed by atoms with E-state index in [9.17, 15) is 4.39 Å². The van der Waals surface area contributed by atoms with Gasteiger partial charge in [-0.2, -0.15) is 0 Å². The lowest BCUT2D eigenvalue weighted by Gasteiger charge is -2.07. The predicted octanol–water partition coefficient (Wildman–Crippen LogP) is 3.61. The first kappa shape index (κ1) is 20.4. The van der Waals surface area contributed by atoms with E-state index in [1.54, 1.807) is 29.4 Å². The van der Waals surface area contributed by atoms with Crippen molar-refractivity contribution in [2.24, 2.45) is 10.7 Å². The Morgan fingerprint density at radius 1 is 1.33 bits per heavy atom. The zero-order valence-corrected chi connectivity index (χ0v) is 16.2. The number of nitrogens with one attached hydrogen (secondary N) is 1. The monoisotopic (exact) mass is 445 g/mol. The van der Waals surface area contributed by atoms with Crippen molar-refractivity contribution in [2.75, 3.05) is 6.54 Å². The summed E-state index contributed by atoms with van der Waals surface area (Å²) in [5.41, 5.74) is 7.06. The van der Waals surface area contributed by atoms with Crippen LogP contribution in [0.15, 0.2) is 41.9 Å². The van der Waals surface area contributed by atoms with Crippen LogP contribution in [0.5, 0.6) is 0 Å². The number of nitrogens with zero attached hydrogens (tertiary/aromatic N) is 3. The molecule has 0 unspecified atom stereocenters. The largest absolute Gasteiger partial charge is 0.370 e. The van der Waals surface area contributed by atoms with Crippen molar-refractivity contribution < 1.29 is 4.39 Å². The van der Waals surface area contributed by atoms with Gasteiger partial charge in [-0.1, -0.05) is 32.3 Å². The second-order valence-corrected chi connectivity index (χ2v) is 5.44. The molecule has 1 heterocycles. The number of imidazole rings is 1. The van der Waals surface area contributed by atoms with Crippen LogP contribution in [0.4, 0.5) is 4.39 Å². The Morgan fingerprint density at radius 3 is 2.83 bits per heavy atom. The number of rotatable bonds is 8. The van der Waals surface area contributed by atoms with Crippen LogP contribution in [0.3, 0.4) is 0 Å². The van der Waals surface area contributed by atoms with Gasteiger partial charge in [-0.05, 0) is 24.1 Å². The molecule has 0 saturated carbocycles. The summed E-state index contributed by atoms with van der Waals surface area (Å²) in [6, 6.07) is 5.04. The topological polar surface area (TPSA) is 68.2 Å². The number of aromatic nitrogens is 2. The third kappa shape index (κ3) is 6.46. The molecule has 0 aliphatic heterocycles. The van der Waals surface area contributed by atoms with Crippen molar-refractivity contribution >= 4 is 29.9 Å². The molecule has 24 heavy (non-hydrogen) atoms. The van der Waals surface area contributed by atoms with Crippen molar-refractivity contribution in [3.8, 4) is 5.69 Å². The number of hydrogen-bond donors (Lipinski definition) is 2. The van der Waals surface area contributed by atoms with E-state index in [2.05, 4.69) is 22.2 Å². The molecule has 2 rings (SSSR count). The van der Waals surface area contributed by atoms with Gasteiger partial charge in [0, 0.05) is 18.9 Å². The maximum Gasteiger partial charge on any atom is 0.188 e. The zero-order chi connectivity index (χ0) is 16.5. The summed E-state index contributed by atoms with van der Waals surface area (Å²) in [7, 11) is 0. The first-order valence-corrected chi connectivity index (χ1v) is 8.01. The second-order valence-electron chi connectivity index (χ2n) is 5.44. The highest BCUT2D eigenvalue weighted by Gasteiger charge is 2.05. The molecular weight excluding hydrogens is 420 g/mol. The summed E-state index contributed by atoms with van der Waals surface area (Å²) in [4.78, 5) is 8.16. The summed E-state index contributed by atoms with van der Waals surface area (Å²) in [5.74, 6) is 0.0994. The Balaban J connectivity index is 0.00000288. The van der Waals surface area contributed by atoms with Crippen LogP contribution in [-0.2, 0) is 6.54 Å². The molecule has 0 bridgehead atoms. The molecule has 0 aliphatic carbocycles. The van der Waals surface area contributed by atoms with Crippen molar-refractivity contribution in [1.29, 1.82) is 0 Å². The molecule has 1 aromatic carbocycles. The third-order valence-corrected chi connectivity index (χ3v) is 3.56. The first-order valence-electron chi connectivity index (χ1n) is 8.01. The van der Waals surface area contributed by atoms with Crippen LogP contribution in [0.25, 0.3) is 5.69 Å². The molecule has 0 spiro atoms. The maximum atomic E-state index is 14.1. The molecule has 0 fully saturated rings. The highest BCUT2D eigenvalue weighted by Crippen LogP contribution is 2.15. The predicted molar refractivity (Wildman–Crippen MR) is 106 cm³/mol. The van der Waals surface area contributed by atoms with Gasteiger partial charge < -0.3 is 15.6 Å². The van der Waals surface area contributed by atoms with Gasteiger partial charge in [0.15, 0.2) is 5.96 Å². The molecule has 0 aliphatic rings. The lowest BCUT2D eigenvalue weighted by molar-refractivity contribution is 0.615. The quantitative estimate of drug-likeness (QED) is 0.282.